The van der Waals surface area contributed by atoms with Gasteiger partial charge in [-0.1, -0.05) is 5.16 Å². The summed E-state index contributed by atoms with van der Waals surface area (Å²) in [5.74, 6) is 0.960. The first kappa shape index (κ1) is 6.78. The molecule has 2 aromatic rings. The van der Waals surface area contributed by atoms with E-state index in [9.17, 15) is 0 Å². The highest BCUT2D eigenvalue weighted by atomic mass is 16.5. The zero-order chi connectivity index (χ0) is 8.39. The Kier molecular flexibility index (Phi) is 1.48. The molecule has 0 radical (unpaired) electrons. The maximum Gasteiger partial charge on any atom is 0.214 e. The van der Waals surface area contributed by atoms with Crippen LogP contribution in [-0.2, 0) is 0 Å². The standard InChI is InChI=1S/C7H6N4O/c8-6-3-5(1-2-9-6)7-10-4-12-11-7/h1-4H,(H2,8,9). The third-order valence-electron chi connectivity index (χ3n) is 1.40. The maximum absolute atomic E-state index is 5.47. The first-order chi connectivity index (χ1) is 5.86. The molecule has 60 valence electrons. The van der Waals surface area contributed by atoms with Crippen molar-refractivity contribution in [1.82, 2.24) is 15.1 Å². The molecular weight excluding hydrogens is 156 g/mol. The molecular formula is C7H6N4O. The lowest BCUT2D eigenvalue weighted by molar-refractivity contribution is 0.419. The highest BCUT2D eigenvalue weighted by Crippen LogP contribution is 2.14. The zero-order valence-electron chi connectivity index (χ0n) is 6.14. The van der Waals surface area contributed by atoms with E-state index in [1.807, 2.05) is 0 Å². The summed E-state index contributed by atoms with van der Waals surface area (Å²) in [5.41, 5.74) is 6.27. The fourth-order valence-corrected chi connectivity index (χ4v) is 0.885. The molecule has 0 spiro atoms. The van der Waals surface area contributed by atoms with Crippen LogP contribution < -0.4 is 5.73 Å². The molecule has 5 heteroatoms. The van der Waals surface area contributed by atoms with Gasteiger partial charge in [-0.05, 0) is 12.1 Å². The summed E-state index contributed by atoms with van der Waals surface area (Å²) in [6.07, 6.45) is 2.87. The summed E-state index contributed by atoms with van der Waals surface area (Å²) >= 11 is 0. The third kappa shape index (κ3) is 1.12. The molecule has 0 atom stereocenters. The first-order valence-electron chi connectivity index (χ1n) is 3.34. The highest BCUT2D eigenvalue weighted by Gasteiger charge is 2.01. The Bertz CT molecular complexity index is 371. The van der Waals surface area contributed by atoms with Gasteiger partial charge < -0.3 is 10.3 Å². The monoisotopic (exact) mass is 162 g/mol. The van der Waals surface area contributed by atoms with Crippen molar-refractivity contribution in [2.24, 2.45) is 0 Å². The number of nitrogens with two attached hydrogens (primary N) is 1. The highest BCUT2D eigenvalue weighted by molar-refractivity contribution is 5.57. The van der Waals surface area contributed by atoms with Crippen molar-refractivity contribution < 1.29 is 4.52 Å². The van der Waals surface area contributed by atoms with Crippen LogP contribution >= 0.6 is 0 Å². The minimum atomic E-state index is 0.442. The van der Waals surface area contributed by atoms with Gasteiger partial charge in [0.2, 0.25) is 12.2 Å². The van der Waals surface area contributed by atoms with E-state index in [-0.39, 0.29) is 0 Å². The van der Waals surface area contributed by atoms with Crippen LogP contribution in [0.15, 0.2) is 29.2 Å². The van der Waals surface area contributed by atoms with Crippen molar-refractivity contribution in [2.75, 3.05) is 5.73 Å². The van der Waals surface area contributed by atoms with Gasteiger partial charge in [0.1, 0.15) is 5.82 Å². The van der Waals surface area contributed by atoms with E-state index in [0.717, 1.165) is 5.56 Å². The lowest BCUT2D eigenvalue weighted by Crippen LogP contribution is -1.89. The van der Waals surface area contributed by atoms with Gasteiger partial charge in [-0.25, -0.2) is 4.98 Å². The second kappa shape index (κ2) is 2.61. The normalized spacial score (nSPS) is 10.0. The van der Waals surface area contributed by atoms with Crippen LogP contribution in [0.2, 0.25) is 0 Å². The zero-order valence-corrected chi connectivity index (χ0v) is 6.14. The molecule has 2 rings (SSSR count). The predicted molar refractivity (Wildman–Crippen MR) is 41.9 cm³/mol. The Balaban J connectivity index is 2.48. The molecule has 0 saturated heterocycles. The number of hydrogen-bond acceptors (Lipinski definition) is 5. The summed E-state index contributed by atoms with van der Waals surface area (Å²) in [6, 6.07) is 3.45. The smallest absolute Gasteiger partial charge is 0.214 e. The van der Waals surface area contributed by atoms with E-state index in [0.29, 0.717) is 11.6 Å². The summed E-state index contributed by atoms with van der Waals surface area (Å²) in [5, 5.41) is 3.66. The fraction of sp³-hybridized carbons (Fsp3) is 0. The summed E-state index contributed by atoms with van der Waals surface area (Å²) < 4.78 is 4.59. The van der Waals surface area contributed by atoms with Gasteiger partial charge in [0.05, 0.1) is 0 Å². The number of pyridine rings is 1. The second-order valence-electron chi connectivity index (χ2n) is 2.22. The molecule has 0 amide bonds. The molecule has 0 aliphatic carbocycles. The number of aromatic nitrogens is 3. The van der Waals surface area contributed by atoms with Gasteiger partial charge >= 0.3 is 0 Å². The van der Waals surface area contributed by atoms with Crippen molar-refractivity contribution in [2.45, 2.75) is 0 Å². The Hall–Kier alpha value is -1.91. The Labute approximate surface area is 68.2 Å². The SMILES string of the molecule is Nc1cc(-c2ncon2)ccn1. The first-order valence-corrected chi connectivity index (χ1v) is 3.34. The maximum atomic E-state index is 5.47. The van der Waals surface area contributed by atoms with E-state index in [2.05, 4.69) is 19.6 Å². The van der Waals surface area contributed by atoms with Crippen LogP contribution in [0.25, 0.3) is 11.4 Å². The molecule has 12 heavy (non-hydrogen) atoms. The average Bonchev–Trinajstić information content (AvgIpc) is 2.56. The van der Waals surface area contributed by atoms with Gasteiger partial charge in [-0.2, -0.15) is 4.98 Å². The summed E-state index contributed by atoms with van der Waals surface area (Å²) in [7, 11) is 0. The predicted octanol–water partition coefficient (Wildman–Crippen LogP) is 0.714. The van der Waals surface area contributed by atoms with Crippen molar-refractivity contribution in [3.63, 3.8) is 0 Å². The van der Waals surface area contributed by atoms with Crippen LogP contribution in [0, 0.1) is 0 Å². The average molecular weight is 162 g/mol. The number of rotatable bonds is 1. The summed E-state index contributed by atoms with van der Waals surface area (Å²) in [6.45, 7) is 0. The lowest BCUT2D eigenvalue weighted by Gasteiger charge is -1.93. The summed E-state index contributed by atoms with van der Waals surface area (Å²) in [4.78, 5) is 7.71. The third-order valence-corrected chi connectivity index (χ3v) is 1.40. The number of hydrogen-bond donors (Lipinski definition) is 1. The minimum Gasteiger partial charge on any atom is -0.384 e. The molecule has 0 bridgehead atoms. The largest absolute Gasteiger partial charge is 0.384 e. The van der Waals surface area contributed by atoms with Gasteiger partial charge in [0.25, 0.3) is 0 Å². The van der Waals surface area contributed by atoms with Crippen LogP contribution in [0.1, 0.15) is 0 Å². The molecule has 2 aromatic heterocycles. The van der Waals surface area contributed by atoms with Crippen molar-refractivity contribution >= 4 is 5.82 Å². The van der Waals surface area contributed by atoms with Crippen LogP contribution in [0.4, 0.5) is 5.82 Å². The van der Waals surface area contributed by atoms with Gasteiger partial charge in [-0.3, -0.25) is 0 Å². The molecule has 0 aliphatic heterocycles. The molecule has 2 N–H and O–H groups in total. The second-order valence-corrected chi connectivity index (χ2v) is 2.22. The van der Waals surface area contributed by atoms with Gasteiger partial charge in [-0.15, -0.1) is 0 Å². The molecule has 0 saturated carbocycles. The van der Waals surface area contributed by atoms with Gasteiger partial charge in [0, 0.05) is 11.8 Å². The van der Waals surface area contributed by atoms with Crippen molar-refractivity contribution in [3.8, 4) is 11.4 Å². The van der Waals surface area contributed by atoms with E-state index >= 15 is 0 Å². The topological polar surface area (TPSA) is 77.8 Å². The Morgan fingerprint density at radius 2 is 2.25 bits per heavy atom. The van der Waals surface area contributed by atoms with E-state index in [4.69, 9.17) is 5.73 Å². The molecule has 0 fully saturated rings. The Morgan fingerprint density at radius 3 is 2.92 bits per heavy atom. The molecule has 0 unspecified atom stereocenters. The van der Waals surface area contributed by atoms with Crippen molar-refractivity contribution in [1.29, 1.82) is 0 Å². The minimum absolute atomic E-state index is 0.442. The molecule has 0 aromatic carbocycles. The number of anilines is 1. The number of nitrogens with zero attached hydrogens (tertiary/aromatic N) is 3. The van der Waals surface area contributed by atoms with Crippen LogP contribution in [0.5, 0.6) is 0 Å². The van der Waals surface area contributed by atoms with Crippen LogP contribution in [0.3, 0.4) is 0 Å². The van der Waals surface area contributed by atoms with Gasteiger partial charge in [0.15, 0.2) is 0 Å². The molecule has 5 nitrogen and oxygen atoms in total. The van der Waals surface area contributed by atoms with E-state index in [1.165, 1.54) is 6.39 Å². The van der Waals surface area contributed by atoms with E-state index < -0.39 is 0 Å². The van der Waals surface area contributed by atoms with Crippen LogP contribution in [-0.4, -0.2) is 15.1 Å². The quantitative estimate of drug-likeness (QED) is 0.668. The number of nitrogen functional groups attached to an aromatic ring is 1. The Morgan fingerprint density at radius 1 is 1.33 bits per heavy atom. The fourth-order valence-electron chi connectivity index (χ4n) is 0.885. The molecule has 2 heterocycles. The lowest BCUT2D eigenvalue weighted by atomic mass is 10.2. The van der Waals surface area contributed by atoms with E-state index in [1.54, 1.807) is 18.3 Å². The van der Waals surface area contributed by atoms with Crippen molar-refractivity contribution in [3.05, 3.63) is 24.7 Å². The molecule has 0 aliphatic rings.